The van der Waals surface area contributed by atoms with Crippen molar-refractivity contribution in [2.45, 2.75) is 71.8 Å². The van der Waals surface area contributed by atoms with Crippen molar-refractivity contribution in [1.29, 1.82) is 0 Å². The molecule has 1 atom stereocenters. The normalized spacial score (nSPS) is 16.7. The number of likely N-dealkylation sites (N-methyl/N-ethyl adjacent to an activating group) is 1. The van der Waals surface area contributed by atoms with Gasteiger partial charge in [0.15, 0.2) is 0 Å². The molecule has 0 spiro atoms. The van der Waals surface area contributed by atoms with E-state index in [4.69, 9.17) is 0 Å². The van der Waals surface area contributed by atoms with Crippen LogP contribution in [-0.2, 0) is 10.8 Å². The molecule has 0 saturated heterocycles. The second-order valence-electron chi connectivity index (χ2n) is 9.41. The van der Waals surface area contributed by atoms with Gasteiger partial charge in [-0.15, -0.1) is 0 Å². The summed E-state index contributed by atoms with van der Waals surface area (Å²) in [6.07, 6.45) is 9.53. The average molecular weight is 443 g/mol. The predicted molar refractivity (Wildman–Crippen MR) is 147 cm³/mol. The number of fused-ring (bicyclic) bond motifs is 1. The van der Waals surface area contributed by atoms with Gasteiger partial charge in [0.1, 0.15) is 0 Å². The zero-order valence-electron chi connectivity index (χ0n) is 21.9. The number of hydrogen-bond donors (Lipinski definition) is 1. The Morgan fingerprint density at radius 1 is 1.03 bits per heavy atom. The highest BCUT2D eigenvalue weighted by Crippen LogP contribution is 2.44. The van der Waals surface area contributed by atoms with Crippen molar-refractivity contribution in [1.82, 2.24) is 0 Å². The van der Waals surface area contributed by atoms with E-state index in [9.17, 15) is 0 Å². The van der Waals surface area contributed by atoms with Crippen LogP contribution in [0.25, 0.3) is 0 Å². The van der Waals surface area contributed by atoms with Crippen LogP contribution in [0.3, 0.4) is 0 Å². The van der Waals surface area contributed by atoms with Gasteiger partial charge >= 0.3 is 0 Å². The zero-order chi connectivity index (χ0) is 24.5. The summed E-state index contributed by atoms with van der Waals surface area (Å²) in [6, 6.07) is 17.5. The summed E-state index contributed by atoms with van der Waals surface area (Å²) >= 11 is 0. The van der Waals surface area contributed by atoms with E-state index < -0.39 is 0 Å². The molecule has 2 aromatic carbocycles. The quantitative estimate of drug-likeness (QED) is 0.364. The van der Waals surface area contributed by atoms with Gasteiger partial charge in [-0.25, -0.2) is 0 Å². The molecule has 176 valence electrons. The molecule has 0 bridgehead atoms. The molecule has 1 aliphatic heterocycles. The standard InChI is InChI=1S/C29H36N2.C2H6/c1-7-22-30-25-18-13-11-16-23(25)28(2,3)21-15-9-8-10-20-27-29(4,5)24-17-12-14-19-26(24)31(27)6;1-2/h8-14,16-20,27,30H,7,22H2,1-6H3;1-2H3/b9-8+,20-10+;. The van der Waals surface area contributed by atoms with Crippen LogP contribution in [-0.4, -0.2) is 19.6 Å². The van der Waals surface area contributed by atoms with Crippen molar-refractivity contribution in [2.75, 3.05) is 23.8 Å². The van der Waals surface area contributed by atoms with Crippen molar-refractivity contribution in [3.63, 3.8) is 0 Å². The zero-order valence-corrected chi connectivity index (χ0v) is 21.9. The second kappa shape index (κ2) is 11.8. The lowest BCUT2D eigenvalue weighted by Gasteiger charge is -2.29. The predicted octanol–water partition coefficient (Wildman–Crippen LogP) is 7.72. The lowest BCUT2D eigenvalue weighted by Crippen LogP contribution is -2.37. The van der Waals surface area contributed by atoms with Gasteiger partial charge in [0, 0.05) is 30.4 Å². The minimum absolute atomic E-state index is 0.0819. The van der Waals surface area contributed by atoms with Crippen LogP contribution in [0.1, 0.15) is 66.0 Å². The Labute approximate surface area is 202 Å². The summed E-state index contributed by atoms with van der Waals surface area (Å²) in [5.41, 5.74) is 5.01. The lowest BCUT2D eigenvalue weighted by molar-refractivity contribution is 0.488. The molecule has 3 rings (SSSR count). The Morgan fingerprint density at radius 3 is 2.39 bits per heavy atom. The summed E-state index contributed by atoms with van der Waals surface area (Å²) in [5, 5.41) is 3.53. The minimum Gasteiger partial charge on any atom is -0.385 e. The van der Waals surface area contributed by atoms with Gasteiger partial charge in [0.25, 0.3) is 0 Å². The minimum atomic E-state index is -0.222. The van der Waals surface area contributed by atoms with Crippen LogP contribution in [0.15, 0.2) is 72.8 Å². The van der Waals surface area contributed by atoms with Gasteiger partial charge < -0.3 is 10.2 Å². The monoisotopic (exact) mass is 442 g/mol. The third kappa shape index (κ3) is 6.11. The smallest absolute Gasteiger partial charge is 0.0565 e. The van der Waals surface area contributed by atoms with Crippen LogP contribution >= 0.6 is 0 Å². The molecule has 0 aliphatic carbocycles. The van der Waals surface area contributed by atoms with Crippen molar-refractivity contribution < 1.29 is 0 Å². The van der Waals surface area contributed by atoms with Crippen LogP contribution < -0.4 is 10.2 Å². The Kier molecular flexibility index (Phi) is 9.42. The maximum absolute atomic E-state index is 3.53. The highest BCUT2D eigenvalue weighted by Gasteiger charge is 2.40. The molecule has 1 N–H and O–H groups in total. The van der Waals surface area contributed by atoms with Crippen molar-refractivity contribution >= 4 is 11.4 Å². The van der Waals surface area contributed by atoms with Gasteiger partial charge in [-0.3, -0.25) is 0 Å². The summed E-state index contributed by atoms with van der Waals surface area (Å²) in [6.45, 7) is 16.2. The summed E-state index contributed by atoms with van der Waals surface area (Å²) in [7, 11) is 2.18. The topological polar surface area (TPSA) is 15.3 Å². The number of benzene rings is 2. The number of anilines is 2. The van der Waals surface area contributed by atoms with E-state index in [2.05, 4.69) is 130 Å². The summed E-state index contributed by atoms with van der Waals surface area (Å²) < 4.78 is 0. The molecule has 2 aromatic rings. The molecule has 1 unspecified atom stereocenters. The Hall–Kier alpha value is -2.92. The van der Waals surface area contributed by atoms with E-state index >= 15 is 0 Å². The molecule has 2 heteroatoms. The molecular formula is C31H42N2. The number of rotatable bonds is 6. The highest BCUT2D eigenvalue weighted by atomic mass is 15.2. The van der Waals surface area contributed by atoms with Crippen molar-refractivity contribution in [3.8, 4) is 11.8 Å². The van der Waals surface area contributed by atoms with Crippen LogP contribution in [0.5, 0.6) is 0 Å². The molecule has 1 heterocycles. The SMILES string of the molecule is CC.CCCNc1ccccc1C(C)(C)C#C/C=C/C=C/C1N(C)c2ccccc2C1(C)C. The lowest BCUT2D eigenvalue weighted by atomic mass is 9.80. The first kappa shape index (κ1) is 26.3. The summed E-state index contributed by atoms with van der Waals surface area (Å²) in [4.78, 5) is 2.37. The molecule has 2 nitrogen and oxygen atoms in total. The molecule has 0 aromatic heterocycles. The van der Waals surface area contributed by atoms with Gasteiger partial charge in [0.05, 0.1) is 11.5 Å². The largest absolute Gasteiger partial charge is 0.385 e. The first-order valence-corrected chi connectivity index (χ1v) is 12.3. The van der Waals surface area contributed by atoms with E-state index in [1.807, 2.05) is 19.9 Å². The average Bonchev–Trinajstić information content (AvgIpc) is 3.01. The van der Waals surface area contributed by atoms with Crippen molar-refractivity contribution in [2.24, 2.45) is 0 Å². The van der Waals surface area contributed by atoms with Gasteiger partial charge in [-0.1, -0.05) is 101 Å². The Morgan fingerprint density at radius 2 is 1.70 bits per heavy atom. The third-order valence-electron chi connectivity index (χ3n) is 6.27. The van der Waals surface area contributed by atoms with Crippen LogP contribution in [0.4, 0.5) is 11.4 Å². The fraction of sp³-hybridized carbons (Fsp3) is 0.419. The molecular weight excluding hydrogens is 400 g/mol. The van der Waals surface area contributed by atoms with E-state index in [1.54, 1.807) is 0 Å². The maximum atomic E-state index is 3.53. The number of nitrogens with zero attached hydrogens (tertiary/aromatic N) is 1. The van der Waals surface area contributed by atoms with E-state index in [0.717, 1.165) is 13.0 Å². The maximum Gasteiger partial charge on any atom is 0.0565 e. The van der Waals surface area contributed by atoms with Crippen LogP contribution in [0.2, 0.25) is 0 Å². The summed E-state index contributed by atoms with van der Waals surface area (Å²) in [5.74, 6) is 6.70. The molecule has 0 radical (unpaired) electrons. The Balaban J connectivity index is 0.00000187. The number of hydrogen-bond acceptors (Lipinski definition) is 2. The third-order valence-corrected chi connectivity index (χ3v) is 6.27. The highest BCUT2D eigenvalue weighted by molar-refractivity contribution is 5.64. The van der Waals surface area contributed by atoms with Crippen molar-refractivity contribution in [3.05, 3.63) is 84.0 Å². The Bertz CT molecular complexity index is 1010. The fourth-order valence-electron chi connectivity index (χ4n) is 4.49. The number of nitrogens with one attached hydrogen (secondary N) is 1. The van der Waals surface area contributed by atoms with E-state index in [1.165, 1.54) is 22.5 Å². The van der Waals surface area contributed by atoms with Gasteiger partial charge in [-0.05, 0) is 49.6 Å². The molecule has 0 fully saturated rings. The van der Waals surface area contributed by atoms with Crippen LogP contribution in [0, 0.1) is 11.8 Å². The second-order valence-corrected chi connectivity index (χ2v) is 9.41. The molecule has 1 aliphatic rings. The molecule has 33 heavy (non-hydrogen) atoms. The van der Waals surface area contributed by atoms with Gasteiger partial charge in [0.2, 0.25) is 0 Å². The van der Waals surface area contributed by atoms with E-state index in [-0.39, 0.29) is 10.8 Å². The van der Waals surface area contributed by atoms with Gasteiger partial charge in [-0.2, -0.15) is 0 Å². The molecule has 0 saturated carbocycles. The molecule has 0 amide bonds. The first-order valence-electron chi connectivity index (χ1n) is 12.3. The number of para-hydroxylation sites is 2. The fourth-order valence-corrected chi connectivity index (χ4v) is 4.49. The number of allylic oxidation sites excluding steroid dienone is 3. The van der Waals surface area contributed by atoms with E-state index in [0.29, 0.717) is 6.04 Å². The first-order chi connectivity index (χ1) is 15.8.